The van der Waals surface area contributed by atoms with E-state index >= 15 is 0 Å². The SMILES string of the molecule is O=C(C=Cc1cccs1)Nc1nnc(CSc2ccccc2)o1. The van der Waals surface area contributed by atoms with Crippen LogP contribution >= 0.6 is 23.1 Å². The van der Waals surface area contributed by atoms with Gasteiger partial charge in [0.25, 0.3) is 5.91 Å². The zero-order chi connectivity index (χ0) is 15.9. The third-order valence-electron chi connectivity index (χ3n) is 2.74. The lowest BCUT2D eigenvalue weighted by Gasteiger charge is -1.97. The second-order valence-corrected chi connectivity index (χ2v) is 6.47. The Morgan fingerprint density at radius 2 is 2.09 bits per heavy atom. The molecule has 23 heavy (non-hydrogen) atoms. The van der Waals surface area contributed by atoms with Crippen LogP contribution in [0.2, 0.25) is 0 Å². The minimum absolute atomic E-state index is 0.106. The van der Waals surface area contributed by atoms with E-state index in [-0.39, 0.29) is 11.9 Å². The van der Waals surface area contributed by atoms with Gasteiger partial charge in [-0.25, -0.2) is 0 Å². The molecule has 7 heteroatoms. The second-order valence-electron chi connectivity index (χ2n) is 4.44. The van der Waals surface area contributed by atoms with Crippen molar-refractivity contribution in [2.24, 2.45) is 0 Å². The summed E-state index contributed by atoms with van der Waals surface area (Å²) in [6.07, 6.45) is 3.18. The molecule has 0 saturated carbocycles. The normalized spacial score (nSPS) is 11.0. The molecule has 5 nitrogen and oxygen atoms in total. The van der Waals surface area contributed by atoms with E-state index in [2.05, 4.69) is 15.5 Å². The van der Waals surface area contributed by atoms with E-state index in [0.29, 0.717) is 11.6 Å². The predicted octanol–water partition coefficient (Wildman–Crippen LogP) is 4.08. The van der Waals surface area contributed by atoms with Crippen LogP contribution in [0, 0.1) is 0 Å². The van der Waals surface area contributed by atoms with Gasteiger partial charge >= 0.3 is 6.01 Å². The van der Waals surface area contributed by atoms with E-state index < -0.39 is 0 Å². The Labute approximate surface area is 141 Å². The molecule has 2 aromatic heterocycles. The first-order chi connectivity index (χ1) is 11.3. The van der Waals surface area contributed by atoms with E-state index in [1.54, 1.807) is 29.2 Å². The van der Waals surface area contributed by atoms with Gasteiger partial charge in [0.1, 0.15) is 0 Å². The average Bonchev–Trinajstić information content (AvgIpc) is 3.24. The number of rotatable bonds is 6. The van der Waals surface area contributed by atoms with Gasteiger partial charge in [-0.3, -0.25) is 10.1 Å². The lowest BCUT2D eigenvalue weighted by molar-refractivity contribution is -0.112. The van der Waals surface area contributed by atoms with Crippen molar-refractivity contribution in [3.63, 3.8) is 0 Å². The van der Waals surface area contributed by atoms with E-state index in [4.69, 9.17) is 4.42 Å². The van der Waals surface area contributed by atoms with Gasteiger partial charge in [-0.1, -0.05) is 29.4 Å². The zero-order valence-corrected chi connectivity index (χ0v) is 13.6. The molecule has 3 rings (SSSR count). The van der Waals surface area contributed by atoms with Crippen molar-refractivity contribution in [2.75, 3.05) is 5.32 Å². The Balaban J connectivity index is 1.51. The van der Waals surface area contributed by atoms with Crippen LogP contribution in [0.3, 0.4) is 0 Å². The average molecular weight is 343 g/mol. The topological polar surface area (TPSA) is 68.0 Å². The second kappa shape index (κ2) is 7.75. The fraction of sp³-hybridized carbons (Fsp3) is 0.0625. The fourth-order valence-corrected chi connectivity index (χ4v) is 3.09. The molecule has 0 aliphatic heterocycles. The lowest BCUT2D eigenvalue weighted by Crippen LogP contribution is -2.07. The highest BCUT2D eigenvalue weighted by atomic mass is 32.2. The maximum Gasteiger partial charge on any atom is 0.322 e. The highest BCUT2D eigenvalue weighted by Crippen LogP contribution is 2.22. The number of hydrogen-bond donors (Lipinski definition) is 1. The lowest BCUT2D eigenvalue weighted by atomic mass is 10.4. The van der Waals surface area contributed by atoms with E-state index in [1.165, 1.54) is 6.08 Å². The molecule has 0 unspecified atom stereocenters. The van der Waals surface area contributed by atoms with E-state index in [0.717, 1.165) is 9.77 Å². The first kappa shape index (κ1) is 15.5. The van der Waals surface area contributed by atoms with Crippen LogP contribution in [0.5, 0.6) is 0 Å². The third kappa shape index (κ3) is 4.80. The summed E-state index contributed by atoms with van der Waals surface area (Å²) in [5, 5.41) is 12.2. The molecule has 0 spiro atoms. The first-order valence-corrected chi connectivity index (χ1v) is 8.69. The maximum atomic E-state index is 11.8. The molecular formula is C16H13N3O2S2. The minimum atomic E-state index is -0.302. The number of hydrogen-bond acceptors (Lipinski definition) is 6. The highest BCUT2D eigenvalue weighted by molar-refractivity contribution is 7.98. The number of thioether (sulfide) groups is 1. The van der Waals surface area contributed by atoms with Crippen LogP contribution in [0.1, 0.15) is 10.8 Å². The monoisotopic (exact) mass is 343 g/mol. The van der Waals surface area contributed by atoms with Crippen molar-refractivity contribution < 1.29 is 9.21 Å². The molecule has 0 atom stereocenters. The Morgan fingerprint density at radius 3 is 2.87 bits per heavy atom. The molecule has 1 N–H and O–H groups in total. The number of carbonyl (C=O) groups is 1. The molecule has 1 aromatic carbocycles. The van der Waals surface area contributed by atoms with Crippen LogP contribution in [0.15, 0.2) is 63.2 Å². The minimum Gasteiger partial charge on any atom is -0.407 e. The molecule has 0 saturated heterocycles. The van der Waals surface area contributed by atoms with E-state index in [9.17, 15) is 4.79 Å². The largest absolute Gasteiger partial charge is 0.407 e. The fourth-order valence-electron chi connectivity index (χ4n) is 1.72. The molecule has 1 amide bonds. The molecular weight excluding hydrogens is 330 g/mol. The number of benzene rings is 1. The van der Waals surface area contributed by atoms with Crippen molar-refractivity contribution in [3.8, 4) is 0 Å². The van der Waals surface area contributed by atoms with Gasteiger partial charge in [0.15, 0.2) is 0 Å². The Hall–Kier alpha value is -2.38. The smallest absolute Gasteiger partial charge is 0.322 e. The number of anilines is 1. The number of thiophene rings is 1. The van der Waals surface area contributed by atoms with Crippen LogP contribution in [-0.4, -0.2) is 16.1 Å². The van der Waals surface area contributed by atoms with E-state index in [1.807, 2.05) is 47.8 Å². The summed E-state index contributed by atoms with van der Waals surface area (Å²) < 4.78 is 5.41. The van der Waals surface area contributed by atoms with Gasteiger partial charge in [-0.2, -0.15) is 0 Å². The summed E-state index contributed by atoms with van der Waals surface area (Å²) in [5.74, 6) is 0.721. The van der Waals surface area contributed by atoms with Gasteiger partial charge in [-0.15, -0.1) is 28.2 Å². The standard InChI is InChI=1S/C16H13N3O2S2/c20-14(9-8-13-7-4-10-22-13)17-16-19-18-15(21-16)11-23-12-5-2-1-3-6-12/h1-10H,11H2,(H,17,19,20). The summed E-state index contributed by atoms with van der Waals surface area (Å²) in [6.45, 7) is 0. The summed E-state index contributed by atoms with van der Waals surface area (Å²) >= 11 is 3.15. The molecule has 2 heterocycles. The maximum absolute atomic E-state index is 11.8. The molecule has 0 bridgehead atoms. The van der Waals surface area contributed by atoms with Crippen LogP contribution in [-0.2, 0) is 10.5 Å². The van der Waals surface area contributed by atoms with Gasteiger partial charge in [0, 0.05) is 15.8 Å². The number of aromatic nitrogens is 2. The first-order valence-electron chi connectivity index (χ1n) is 6.82. The van der Waals surface area contributed by atoms with Gasteiger partial charge in [0.2, 0.25) is 5.89 Å². The van der Waals surface area contributed by atoms with Crippen LogP contribution in [0.4, 0.5) is 6.01 Å². The number of nitrogens with zero attached hydrogens (tertiary/aromatic N) is 2. The molecule has 3 aromatic rings. The number of nitrogens with one attached hydrogen (secondary N) is 1. The molecule has 0 radical (unpaired) electrons. The van der Waals surface area contributed by atoms with Crippen molar-refractivity contribution in [1.82, 2.24) is 10.2 Å². The predicted molar refractivity (Wildman–Crippen MR) is 92.3 cm³/mol. The quantitative estimate of drug-likeness (QED) is 0.540. The van der Waals surface area contributed by atoms with Crippen molar-refractivity contribution in [2.45, 2.75) is 10.6 Å². The van der Waals surface area contributed by atoms with Gasteiger partial charge in [0.05, 0.1) is 5.75 Å². The Morgan fingerprint density at radius 1 is 1.22 bits per heavy atom. The summed E-state index contributed by atoms with van der Waals surface area (Å²) in [6, 6.07) is 13.9. The zero-order valence-electron chi connectivity index (χ0n) is 12.0. The number of amides is 1. The highest BCUT2D eigenvalue weighted by Gasteiger charge is 2.08. The summed E-state index contributed by atoms with van der Waals surface area (Å²) in [7, 11) is 0. The van der Waals surface area contributed by atoms with Crippen LogP contribution in [0.25, 0.3) is 6.08 Å². The van der Waals surface area contributed by atoms with Crippen molar-refractivity contribution in [3.05, 3.63) is 64.7 Å². The Bertz CT molecular complexity index is 783. The molecule has 0 aliphatic carbocycles. The summed E-state index contributed by atoms with van der Waals surface area (Å²) in [5.41, 5.74) is 0. The number of carbonyl (C=O) groups excluding carboxylic acids is 1. The third-order valence-corrected chi connectivity index (χ3v) is 4.58. The summed E-state index contributed by atoms with van der Waals surface area (Å²) in [4.78, 5) is 13.9. The van der Waals surface area contributed by atoms with Gasteiger partial charge in [-0.05, 0) is 29.7 Å². The van der Waals surface area contributed by atoms with Crippen molar-refractivity contribution in [1.29, 1.82) is 0 Å². The molecule has 0 aliphatic rings. The molecule has 0 fully saturated rings. The van der Waals surface area contributed by atoms with Crippen LogP contribution < -0.4 is 5.32 Å². The molecule has 116 valence electrons. The van der Waals surface area contributed by atoms with Gasteiger partial charge < -0.3 is 4.42 Å². The Kier molecular flexibility index (Phi) is 5.23. The van der Waals surface area contributed by atoms with Crippen molar-refractivity contribution >= 4 is 41.1 Å².